The molecular formula is C24H29F5N2O3. The highest BCUT2D eigenvalue weighted by atomic mass is 19.3. The highest BCUT2D eigenvalue weighted by Gasteiger charge is 2.33. The van der Waals surface area contributed by atoms with Crippen LogP contribution in [0.25, 0.3) is 11.1 Å². The standard InChI is InChI=1S/C20H17F3N2O3.C2H6.2CH3F/c1-26-12-20(22,23)18-8-6-14(11-25-18)28-19-15(4-3-9-24-19)16-10-13(21)5-7-17(16)27-2;3*1-2/h3-11H,12H2,1-2H3;1-2H3;2*1H3. The maximum atomic E-state index is 13.8. The van der Waals surface area contributed by atoms with Gasteiger partial charge in [-0.1, -0.05) is 13.8 Å². The molecule has 0 bridgehead atoms. The average Bonchev–Trinajstić information content (AvgIpc) is 2.88. The number of alkyl halides is 4. The zero-order chi connectivity index (χ0) is 26.1. The first-order valence-electron chi connectivity index (χ1n) is 10.0. The van der Waals surface area contributed by atoms with Gasteiger partial charge >= 0.3 is 5.92 Å². The quantitative estimate of drug-likeness (QED) is 0.335. The van der Waals surface area contributed by atoms with Gasteiger partial charge in [0.25, 0.3) is 0 Å². The van der Waals surface area contributed by atoms with Crippen LogP contribution in [0.3, 0.4) is 0 Å². The zero-order valence-electron chi connectivity index (χ0n) is 19.9. The molecule has 1 aromatic carbocycles. The van der Waals surface area contributed by atoms with Crippen LogP contribution in [0.4, 0.5) is 22.0 Å². The summed E-state index contributed by atoms with van der Waals surface area (Å²) in [5, 5.41) is 0. The molecule has 0 saturated heterocycles. The predicted molar refractivity (Wildman–Crippen MR) is 122 cm³/mol. The first kappa shape index (κ1) is 30.7. The Kier molecular flexibility index (Phi) is 14.8. The summed E-state index contributed by atoms with van der Waals surface area (Å²) < 4.78 is 75.9. The van der Waals surface area contributed by atoms with Gasteiger partial charge in [-0.25, -0.2) is 9.37 Å². The van der Waals surface area contributed by atoms with Crippen molar-refractivity contribution in [2.24, 2.45) is 0 Å². The zero-order valence-corrected chi connectivity index (χ0v) is 19.9. The van der Waals surface area contributed by atoms with Crippen LogP contribution in [0, 0.1) is 5.82 Å². The molecule has 2 aromatic heterocycles. The molecule has 0 atom stereocenters. The number of pyridine rings is 2. The van der Waals surface area contributed by atoms with Crippen LogP contribution < -0.4 is 9.47 Å². The summed E-state index contributed by atoms with van der Waals surface area (Å²) in [4.78, 5) is 7.91. The van der Waals surface area contributed by atoms with Crippen LogP contribution in [0.1, 0.15) is 19.5 Å². The molecule has 3 aromatic rings. The molecule has 0 saturated carbocycles. The van der Waals surface area contributed by atoms with Gasteiger partial charge in [0.05, 0.1) is 27.7 Å². The van der Waals surface area contributed by atoms with E-state index in [0.29, 0.717) is 31.2 Å². The lowest BCUT2D eigenvalue weighted by atomic mass is 10.1. The van der Waals surface area contributed by atoms with Crippen molar-refractivity contribution >= 4 is 0 Å². The second kappa shape index (κ2) is 16.4. The molecule has 0 aliphatic rings. The Morgan fingerprint density at radius 3 is 2.12 bits per heavy atom. The molecule has 3 rings (SSSR count). The summed E-state index contributed by atoms with van der Waals surface area (Å²) >= 11 is 0. The molecule has 0 fully saturated rings. The summed E-state index contributed by atoms with van der Waals surface area (Å²) in [5.74, 6) is -2.86. The monoisotopic (exact) mass is 488 g/mol. The average molecular weight is 488 g/mol. The van der Waals surface area contributed by atoms with E-state index in [2.05, 4.69) is 14.7 Å². The Labute approximate surface area is 196 Å². The Morgan fingerprint density at radius 1 is 0.882 bits per heavy atom. The summed E-state index contributed by atoms with van der Waals surface area (Å²) in [6.45, 7) is 3.23. The fraction of sp³-hybridized carbons (Fsp3) is 0.333. The van der Waals surface area contributed by atoms with Gasteiger partial charge in [-0.2, -0.15) is 8.78 Å². The van der Waals surface area contributed by atoms with E-state index in [1.54, 1.807) is 12.1 Å². The minimum absolute atomic E-state index is 0.157. The first-order chi connectivity index (χ1) is 16.4. The fourth-order valence-corrected chi connectivity index (χ4v) is 2.59. The van der Waals surface area contributed by atoms with Gasteiger partial charge in [-0.3, -0.25) is 13.8 Å². The number of aromatic nitrogens is 2. The maximum Gasteiger partial charge on any atom is 0.312 e. The molecule has 0 spiro atoms. The summed E-state index contributed by atoms with van der Waals surface area (Å²) in [6, 6.07) is 9.94. The molecule has 2 heterocycles. The number of ether oxygens (including phenoxy) is 3. The molecule has 5 nitrogen and oxygen atoms in total. The van der Waals surface area contributed by atoms with Crippen molar-refractivity contribution in [3.63, 3.8) is 0 Å². The molecule has 188 valence electrons. The molecule has 0 unspecified atom stereocenters. The molecule has 0 amide bonds. The van der Waals surface area contributed by atoms with Gasteiger partial charge in [-0.15, -0.1) is 0 Å². The van der Waals surface area contributed by atoms with E-state index in [0.717, 1.165) is 6.07 Å². The molecule has 34 heavy (non-hydrogen) atoms. The lowest BCUT2D eigenvalue weighted by molar-refractivity contribution is -0.0731. The normalized spacial score (nSPS) is 9.85. The number of halogens is 5. The number of rotatable bonds is 7. The van der Waals surface area contributed by atoms with E-state index < -0.39 is 24.0 Å². The van der Waals surface area contributed by atoms with E-state index in [1.165, 1.54) is 50.9 Å². The molecule has 0 aliphatic carbocycles. The summed E-state index contributed by atoms with van der Waals surface area (Å²) in [6.07, 6.45) is 2.67. The Morgan fingerprint density at radius 2 is 1.56 bits per heavy atom. The van der Waals surface area contributed by atoms with Crippen molar-refractivity contribution in [3.8, 4) is 28.5 Å². The van der Waals surface area contributed by atoms with E-state index in [4.69, 9.17) is 9.47 Å². The third-order valence-corrected chi connectivity index (χ3v) is 3.87. The third kappa shape index (κ3) is 8.58. The number of hydrogen-bond donors (Lipinski definition) is 0. The highest BCUT2D eigenvalue weighted by Crippen LogP contribution is 2.37. The predicted octanol–water partition coefficient (Wildman–Crippen LogP) is 7.02. The SMILES string of the molecule is CC.CF.CF.COCC(F)(F)c1ccc(Oc2ncccc2-c2cc(F)ccc2OC)cn1. The van der Waals surface area contributed by atoms with Crippen molar-refractivity contribution in [2.75, 3.05) is 35.2 Å². The van der Waals surface area contributed by atoms with Crippen LogP contribution in [0.2, 0.25) is 0 Å². The largest absolute Gasteiger partial charge is 0.496 e. The number of nitrogens with zero attached hydrogens (tertiary/aromatic N) is 2. The van der Waals surface area contributed by atoms with E-state index >= 15 is 0 Å². The third-order valence-electron chi connectivity index (χ3n) is 3.87. The summed E-state index contributed by atoms with van der Waals surface area (Å²) in [7, 11) is 3.66. The fourth-order valence-electron chi connectivity index (χ4n) is 2.59. The Bertz CT molecular complexity index is 958. The van der Waals surface area contributed by atoms with Gasteiger partial charge in [0, 0.05) is 24.4 Å². The van der Waals surface area contributed by atoms with Crippen molar-refractivity contribution in [2.45, 2.75) is 19.8 Å². The summed E-state index contributed by atoms with van der Waals surface area (Å²) in [5.41, 5.74) is 0.490. The van der Waals surface area contributed by atoms with Gasteiger partial charge in [0.15, 0.2) is 0 Å². The molecule has 0 aliphatic heterocycles. The van der Waals surface area contributed by atoms with Gasteiger partial charge in [0.1, 0.15) is 29.6 Å². The van der Waals surface area contributed by atoms with E-state index in [9.17, 15) is 22.0 Å². The Hall–Kier alpha value is -3.27. The minimum Gasteiger partial charge on any atom is -0.496 e. The van der Waals surface area contributed by atoms with Crippen LogP contribution in [0.15, 0.2) is 54.9 Å². The number of methoxy groups -OCH3 is 2. The van der Waals surface area contributed by atoms with Gasteiger partial charge in [0.2, 0.25) is 5.88 Å². The van der Waals surface area contributed by atoms with Crippen LogP contribution in [-0.2, 0) is 10.7 Å². The first-order valence-corrected chi connectivity index (χ1v) is 10.0. The Balaban J connectivity index is 0.00000168. The minimum atomic E-state index is -3.21. The lowest BCUT2D eigenvalue weighted by Crippen LogP contribution is -2.21. The highest BCUT2D eigenvalue weighted by molar-refractivity contribution is 5.74. The van der Waals surface area contributed by atoms with E-state index in [1.807, 2.05) is 13.8 Å². The molecule has 0 radical (unpaired) electrons. The molecule has 10 heteroatoms. The maximum absolute atomic E-state index is 13.8. The molecule has 0 N–H and O–H groups in total. The van der Waals surface area contributed by atoms with Crippen molar-refractivity contribution in [1.29, 1.82) is 0 Å². The number of hydrogen-bond acceptors (Lipinski definition) is 5. The van der Waals surface area contributed by atoms with Crippen molar-refractivity contribution in [3.05, 3.63) is 66.4 Å². The lowest BCUT2D eigenvalue weighted by Gasteiger charge is -2.15. The topological polar surface area (TPSA) is 53.5 Å². The van der Waals surface area contributed by atoms with Crippen molar-refractivity contribution < 1.29 is 36.2 Å². The number of benzene rings is 1. The second-order valence-electron chi connectivity index (χ2n) is 5.82. The van der Waals surface area contributed by atoms with Crippen molar-refractivity contribution in [1.82, 2.24) is 9.97 Å². The van der Waals surface area contributed by atoms with Crippen LogP contribution >= 0.6 is 0 Å². The van der Waals surface area contributed by atoms with E-state index in [-0.39, 0.29) is 11.6 Å². The van der Waals surface area contributed by atoms with Gasteiger partial charge < -0.3 is 14.2 Å². The second-order valence-corrected chi connectivity index (χ2v) is 5.82. The van der Waals surface area contributed by atoms with Gasteiger partial charge in [-0.05, 0) is 42.5 Å². The van der Waals surface area contributed by atoms with Crippen LogP contribution in [-0.4, -0.2) is 45.1 Å². The smallest absolute Gasteiger partial charge is 0.312 e. The van der Waals surface area contributed by atoms with Crippen LogP contribution in [0.5, 0.6) is 17.4 Å². The molecular weight excluding hydrogens is 459 g/mol.